The number of rotatable bonds is 6. The van der Waals surface area contributed by atoms with Gasteiger partial charge >= 0.3 is 0 Å². The first kappa shape index (κ1) is 21.5. The average Bonchev–Trinajstić information content (AvgIpc) is 3.26. The zero-order chi connectivity index (χ0) is 21.3. The molecule has 0 aliphatic carbocycles. The summed E-state index contributed by atoms with van der Waals surface area (Å²) >= 11 is 9.26. The Balaban J connectivity index is 1.75. The van der Waals surface area contributed by atoms with Crippen LogP contribution in [0.25, 0.3) is 0 Å². The van der Waals surface area contributed by atoms with E-state index in [1.54, 1.807) is 18.2 Å². The Morgan fingerprint density at radius 3 is 2.69 bits per heavy atom. The zero-order valence-corrected chi connectivity index (χ0v) is 16.6. The van der Waals surface area contributed by atoms with Crippen molar-refractivity contribution in [3.05, 3.63) is 45.7 Å². The molecule has 0 radical (unpaired) electrons. The van der Waals surface area contributed by atoms with Crippen LogP contribution < -0.4 is 4.74 Å². The molecule has 1 amide bonds. The van der Waals surface area contributed by atoms with Crippen LogP contribution in [0.5, 0.6) is 5.75 Å². The van der Waals surface area contributed by atoms with E-state index in [9.17, 15) is 27.5 Å². The minimum Gasteiger partial charge on any atom is -0.470 e. The second-order valence-corrected chi connectivity index (χ2v) is 7.28. The molecule has 0 spiro atoms. The van der Waals surface area contributed by atoms with E-state index in [0.717, 1.165) is 15.2 Å². The number of benzene rings is 1. The number of hydrogen-bond acceptors (Lipinski definition) is 5. The third-order valence-corrected chi connectivity index (χ3v) is 4.72. The van der Waals surface area contributed by atoms with Crippen LogP contribution >= 0.6 is 27.5 Å². The Kier molecular flexibility index (Phi) is 6.15. The zero-order valence-electron chi connectivity index (χ0n) is 14.3. The highest BCUT2D eigenvalue weighted by molar-refractivity contribution is 9.10. The number of carbonyl (C=O) groups excluding carboxylic acids is 1. The molecule has 0 bridgehead atoms. The lowest BCUT2D eigenvalue weighted by atomic mass is 10.1. The molecule has 0 fully saturated rings. The second kappa shape index (κ2) is 8.28. The van der Waals surface area contributed by atoms with Crippen LogP contribution in [0.2, 0.25) is 5.02 Å². The summed E-state index contributed by atoms with van der Waals surface area (Å²) in [6, 6.07) is 6.04. The van der Waals surface area contributed by atoms with Crippen LogP contribution in [0.4, 0.5) is 17.6 Å². The molecular formula is C16H12BrClF4N4O3. The van der Waals surface area contributed by atoms with Gasteiger partial charge in [-0.25, -0.2) is 22.2 Å². The van der Waals surface area contributed by atoms with Crippen LogP contribution in [0, 0.1) is 0 Å². The third kappa shape index (κ3) is 4.38. The van der Waals surface area contributed by atoms with Gasteiger partial charge in [-0.2, -0.15) is 15.2 Å². The number of carbonyl (C=O) groups is 1. The molecule has 29 heavy (non-hydrogen) atoms. The maximum absolute atomic E-state index is 13.2. The number of aliphatic hydroxyl groups is 1. The number of ether oxygens (including phenoxy) is 1. The lowest BCUT2D eigenvalue weighted by molar-refractivity contribution is -0.164. The van der Waals surface area contributed by atoms with Crippen molar-refractivity contribution in [1.82, 2.24) is 14.8 Å². The van der Waals surface area contributed by atoms with Gasteiger partial charge in [-0.3, -0.25) is 4.79 Å². The maximum atomic E-state index is 13.2. The Morgan fingerprint density at radius 1 is 1.34 bits per heavy atom. The molecule has 1 aliphatic rings. The van der Waals surface area contributed by atoms with Gasteiger partial charge in [0, 0.05) is 17.1 Å². The van der Waals surface area contributed by atoms with Crippen LogP contribution in [0.3, 0.4) is 0 Å². The number of hydrogen-bond donors (Lipinski definition) is 1. The van der Waals surface area contributed by atoms with Gasteiger partial charge in [0.15, 0.2) is 12.4 Å². The van der Waals surface area contributed by atoms with Crippen molar-refractivity contribution in [3.63, 3.8) is 0 Å². The Morgan fingerprint density at radius 2 is 2.07 bits per heavy atom. The molecule has 0 saturated carbocycles. The Labute approximate surface area is 174 Å². The quantitative estimate of drug-likeness (QED) is 0.614. The molecule has 2 heterocycles. The van der Waals surface area contributed by atoms with Gasteiger partial charge < -0.3 is 9.84 Å². The summed E-state index contributed by atoms with van der Waals surface area (Å²) in [6.07, 6.45) is -6.58. The lowest BCUT2D eigenvalue weighted by Gasteiger charge is -2.29. The van der Waals surface area contributed by atoms with Gasteiger partial charge in [0.2, 0.25) is 5.72 Å². The van der Waals surface area contributed by atoms with Gasteiger partial charge in [-0.05, 0) is 24.3 Å². The predicted molar refractivity (Wildman–Crippen MR) is 97.2 cm³/mol. The van der Waals surface area contributed by atoms with Crippen molar-refractivity contribution in [1.29, 1.82) is 0 Å². The number of amides is 1. The highest BCUT2D eigenvalue weighted by atomic mass is 79.9. The number of alkyl halides is 4. The van der Waals surface area contributed by atoms with E-state index >= 15 is 0 Å². The molecule has 7 nitrogen and oxygen atoms in total. The molecule has 1 aromatic heterocycles. The lowest BCUT2D eigenvalue weighted by Crippen LogP contribution is -2.51. The van der Waals surface area contributed by atoms with Crippen molar-refractivity contribution >= 4 is 39.1 Å². The Hall–Kier alpha value is -2.18. The first-order valence-corrected chi connectivity index (χ1v) is 9.11. The monoisotopic (exact) mass is 498 g/mol. The molecule has 1 unspecified atom stereocenters. The van der Waals surface area contributed by atoms with Crippen molar-refractivity contribution in [2.24, 2.45) is 5.10 Å². The van der Waals surface area contributed by atoms with Gasteiger partial charge in [0.25, 0.3) is 18.8 Å². The Bertz CT molecular complexity index is 958. The normalized spacial score (nSPS) is 19.2. The van der Waals surface area contributed by atoms with Gasteiger partial charge in [0.1, 0.15) is 11.5 Å². The molecule has 1 atom stereocenters. The van der Waals surface area contributed by atoms with E-state index in [2.05, 4.69) is 26.1 Å². The second-order valence-electron chi connectivity index (χ2n) is 5.95. The predicted octanol–water partition coefficient (Wildman–Crippen LogP) is 3.76. The molecule has 1 N–H and O–H groups in total. The molecular weight excluding hydrogens is 488 g/mol. The largest absolute Gasteiger partial charge is 0.470 e. The summed E-state index contributed by atoms with van der Waals surface area (Å²) in [5.74, 6) is -0.931. The summed E-state index contributed by atoms with van der Waals surface area (Å²) in [5, 5.41) is 17.3. The van der Waals surface area contributed by atoms with E-state index in [1.165, 1.54) is 6.20 Å². The highest BCUT2D eigenvalue weighted by Crippen LogP contribution is 2.34. The van der Waals surface area contributed by atoms with Crippen molar-refractivity contribution in [2.75, 3.05) is 0 Å². The summed E-state index contributed by atoms with van der Waals surface area (Å²) in [6.45, 7) is -0.181. The topological polar surface area (TPSA) is 80.0 Å². The number of aromatic nitrogens is 2. The van der Waals surface area contributed by atoms with E-state index in [1.807, 2.05) is 0 Å². The summed E-state index contributed by atoms with van der Waals surface area (Å²) in [7, 11) is 0. The van der Waals surface area contributed by atoms with Gasteiger partial charge in [-0.15, -0.1) is 0 Å². The number of halogens is 6. The van der Waals surface area contributed by atoms with E-state index < -0.39 is 42.3 Å². The van der Waals surface area contributed by atoms with Crippen LogP contribution in [0.1, 0.15) is 16.9 Å². The van der Waals surface area contributed by atoms with Crippen LogP contribution in [0.15, 0.2) is 40.0 Å². The minimum absolute atomic E-state index is 0.0573. The SMILES string of the molecule is O=C(c1ccn(COc2ccc(Br)cc2Cl)n1)N1N=C(C(F)F)CC1(O)C(F)F. The molecule has 1 aliphatic heterocycles. The molecule has 3 rings (SSSR count). The minimum atomic E-state index is -3.52. The fourth-order valence-corrected chi connectivity index (χ4v) is 3.22. The number of nitrogens with zero attached hydrogens (tertiary/aromatic N) is 4. The summed E-state index contributed by atoms with van der Waals surface area (Å²) in [4.78, 5) is 12.5. The number of hydrazone groups is 1. The fourth-order valence-electron chi connectivity index (χ4n) is 2.49. The van der Waals surface area contributed by atoms with Gasteiger partial charge in [0.05, 0.1) is 5.02 Å². The fraction of sp³-hybridized carbons (Fsp3) is 0.312. The van der Waals surface area contributed by atoms with Crippen molar-refractivity contribution in [3.8, 4) is 5.75 Å². The van der Waals surface area contributed by atoms with Crippen LogP contribution in [-0.4, -0.2) is 50.1 Å². The average molecular weight is 500 g/mol. The molecule has 2 aromatic rings. The third-order valence-electron chi connectivity index (χ3n) is 3.94. The smallest absolute Gasteiger partial charge is 0.297 e. The molecule has 13 heteroatoms. The molecule has 0 saturated heterocycles. The van der Waals surface area contributed by atoms with E-state index in [0.29, 0.717) is 10.8 Å². The first-order chi connectivity index (χ1) is 13.6. The maximum Gasteiger partial charge on any atom is 0.297 e. The summed E-state index contributed by atoms with van der Waals surface area (Å²) < 4.78 is 59.5. The first-order valence-electron chi connectivity index (χ1n) is 7.93. The van der Waals surface area contributed by atoms with E-state index in [-0.39, 0.29) is 11.7 Å². The molecule has 156 valence electrons. The summed E-state index contributed by atoms with van der Waals surface area (Å²) in [5.41, 5.74) is -4.59. The van der Waals surface area contributed by atoms with Crippen molar-refractivity contribution in [2.45, 2.75) is 31.7 Å². The van der Waals surface area contributed by atoms with Gasteiger partial charge in [-0.1, -0.05) is 27.5 Å². The standard InChI is InChI=1S/C16H12BrClF4N4O3/c17-8-1-2-12(9(18)5-8)29-7-25-4-3-10(23-25)14(27)26-16(28,15(21)22)6-11(24-26)13(19)20/h1-5,13,15,28H,6-7H2. The highest BCUT2D eigenvalue weighted by Gasteiger charge is 2.53. The van der Waals surface area contributed by atoms with Crippen molar-refractivity contribution < 1.29 is 32.2 Å². The van der Waals surface area contributed by atoms with Crippen LogP contribution in [-0.2, 0) is 6.73 Å². The molecule has 1 aromatic carbocycles. The van der Waals surface area contributed by atoms with E-state index in [4.69, 9.17) is 16.3 Å².